The lowest BCUT2D eigenvalue weighted by Gasteiger charge is -2.40. The van der Waals surface area contributed by atoms with Gasteiger partial charge in [0.2, 0.25) is 8.30 Å². The highest BCUT2D eigenvalue weighted by molar-refractivity contribution is 7.62. The van der Waals surface area contributed by atoms with Gasteiger partial charge < -0.3 is 18.7 Å². The molecule has 1 N–H and O–H groups in total. The summed E-state index contributed by atoms with van der Waals surface area (Å²) < 4.78 is 19.4. The molecule has 0 fully saturated rings. The van der Waals surface area contributed by atoms with Crippen LogP contribution in [0.2, 0.25) is 0 Å². The van der Waals surface area contributed by atoms with Gasteiger partial charge in [-0.05, 0) is 70.5 Å². The smallest absolute Gasteiger partial charge is 0.233 e. The lowest BCUT2D eigenvalue weighted by molar-refractivity contribution is 0.421. The van der Waals surface area contributed by atoms with Crippen molar-refractivity contribution in [2.24, 2.45) is 0 Å². The fourth-order valence-corrected chi connectivity index (χ4v) is 11.1. The van der Waals surface area contributed by atoms with Crippen LogP contribution in [0.3, 0.4) is 0 Å². The van der Waals surface area contributed by atoms with Crippen molar-refractivity contribution < 1.29 is 9.26 Å². The predicted molar refractivity (Wildman–Crippen MR) is 210 cm³/mol. The van der Waals surface area contributed by atoms with Crippen LogP contribution < -0.4 is 25.0 Å². The molecule has 2 aromatic heterocycles. The van der Waals surface area contributed by atoms with Crippen LogP contribution in [0.5, 0.6) is 17.2 Å². The molecule has 3 aliphatic heterocycles. The maximum Gasteiger partial charge on any atom is 0.233 e. The van der Waals surface area contributed by atoms with Gasteiger partial charge in [0.05, 0.1) is 10.6 Å². The van der Waals surface area contributed by atoms with E-state index in [1.807, 2.05) is 0 Å². The fraction of sp³-hybridized carbons (Fsp3) is 0.302. The lowest BCUT2D eigenvalue weighted by atomic mass is 9.72. The topological polar surface area (TPSA) is 40.4 Å². The molecular formula is C43H47N3O2P2. The molecule has 8 rings (SSSR count). The van der Waals surface area contributed by atoms with Crippen molar-refractivity contribution in [3.05, 3.63) is 149 Å². The third-order valence-corrected chi connectivity index (χ3v) is 14.2. The van der Waals surface area contributed by atoms with Gasteiger partial charge in [-0.3, -0.25) is 4.34 Å². The van der Waals surface area contributed by atoms with Crippen molar-refractivity contribution in [1.82, 2.24) is 13.8 Å². The van der Waals surface area contributed by atoms with E-state index in [0.717, 1.165) is 35.4 Å². The van der Waals surface area contributed by atoms with E-state index in [4.69, 9.17) is 9.26 Å². The van der Waals surface area contributed by atoms with E-state index < -0.39 is 16.5 Å². The summed E-state index contributed by atoms with van der Waals surface area (Å²) in [5, 5.41) is 6.13. The van der Waals surface area contributed by atoms with Crippen molar-refractivity contribution >= 4 is 27.1 Å². The van der Waals surface area contributed by atoms with Crippen LogP contribution in [0.4, 0.5) is 0 Å². The van der Waals surface area contributed by atoms with Gasteiger partial charge in [-0.15, -0.1) is 0 Å². The van der Waals surface area contributed by atoms with E-state index in [1.165, 1.54) is 44.5 Å². The van der Waals surface area contributed by atoms with Crippen molar-refractivity contribution in [2.45, 2.75) is 84.5 Å². The van der Waals surface area contributed by atoms with E-state index >= 15 is 0 Å². The normalized spacial score (nSPS) is 20.4. The molecule has 0 bridgehead atoms. The molecule has 0 amide bonds. The first kappa shape index (κ1) is 33.1. The third-order valence-electron chi connectivity index (χ3n) is 10.3. The van der Waals surface area contributed by atoms with Gasteiger partial charge >= 0.3 is 0 Å². The van der Waals surface area contributed by atoms with Crippen LogP contribution in [-0.4, -0.2) is 8.68 Å². The first-order valence-corrected chi connectivity index (χ1v) is 20.1. The molecule has 50 heavy (non-hydrogen) atoms. The second-order valence-corrected chi connectivity index (χ2v) is 19.7. The Hall–Kier alpha value is -4.04. The zero-order chi connectivity index (χ0) is 35.0. The van der Waals surface area contributed by atoms with Crippen molar-refractivity contribution in [3.63, 3.8) is 0 Å². The standard InChI is InChI=1S/C43H47N3O2P2/c1-41(2,3)30-25-34-39(37(27-30)49-44-21-13-9-10-17-32-18-14-22-45(32)49)47-40-35(43(34,7)8)26-31(42(4,5)6)28-38(40)50-46-23-15-19-33(46)24-29-16-11-12-20-36(29)48-50/h9-16,18-23,25-28,44H,17,24H2,1-8H3/b10-9+,21-13-. The molecule has 5 nitrogen and oxygen atoms in total. The van der Waals surface area contributed by atoms with Crippen LogP contribution in [-0.2, 0) is 29.1 Å². The zero-order valence-corrected chi connectivity index (χ0v) is 32.2. The maximum atomic E-state index is 7.48. The van der Waals surface area contributed by atoms with Gasteiger partial charge in [0.15, 0.2) is 0 Å². The van der Waals surface area contributed by atoms with E-state index in [9.17, 15) is 0 Å². The number of hydrogen-bond donors (Lipinski definition) is 1. The Bertz CT molecular complexity index is 2170. The van der Waals surface area contributed by atoms with Gasteiger partial charge in [-0.25, -0.2) is 0 Å². The highest BCUT2D eigenvalue weighted by atomic mass is 31.2. The number of hydrogen-bond acceptors (Lipinski definition) is 3. The summed E-state index contributed by atoms with van der Waals surface area (Å²) >= 11 is 0. The van der Waals surface area contributed by atoms with Gasteiger partial charge in [-0.1, -0.05) is 97.9 Å². The third kappa shape index (κ3) is 5.64. The van der Waals surface area contributed by atoms with Crippen LogP contribution in [0, 0.1) is 0 Å². The second kappa shape index (κ2) is 12.0. The van der Waals surface area contributed by atoms with Crippen LogP contribution in [0.1, 0.15) is 94.6 Å². The predicted octanol–water partition coefficient (Wildman–Crippen LogP) is 10.5. The molecule has 0 aliphatic carbocycles. The number of nitrogens with one attached hydrogen (secondary N) is 1. The van der Waals surface area contributed by atoms with E-state index in [-0.39, 0.29) is 16.2 Å². The number of benzene rings is 3. The number of nitrogens with zero attached hydrogens (tertiary/aromatic N) is 2. The van der Waals surface area contributed by atoms with Gasteiger partial charge in [0.25, 0.3) is 0 Å². The van der Waals surface area contributed by atoms with Crippen molar-refractivity contribution in [3.8, 4) is 17.2 Å². The summed E-state index contributed by atoms with van der Waals surface area (Å²) in [6, 6.07) is 26.9. The lowest BCUT2D eigenvalue weighted by Crippen LogP contribution is -2.34. The number of rotatable bonds is 2. The molecule has 0 radical (unpaired) electrons. The Morgan fingerprint density at radius 1 is 0.720 bits per heavy atom. The Morgan fingerprint density at radius 3 is 2.08 bits per heavy atom. The number of fused-ring (bicyclic) bond motifs is 5. The molecule has 256 valence electrons. The quantitative estimate of drug-likeness (QED) is 0.187. The van der Waals surface area contributed by atoms with E-state index in [2.05, 4.69) is 179 Å². The minimum absolute atomic E-state index is 0.0555. The second-order valence-electron chi connectivity index (χ2n) is 16.2. The number of allylic oxidation sites excluding steroid dienone is 3. The molecule has 3 aromatic carbocycles. The fourth-order valence-electron chi connectivity index (χ4n) is 7.19. The van der Waals surface area contributed by atoms with Gasteiger partial charge in [-0.2, -0.15) is 0 Å². The minimum atomic E-state index is -1.31. The number of aromatic nitrogens is 2. The molecule has 2 atom stereocenters. The summed E-state index contributed by atoms with van der Waals surface area (Å²) in [5.41, 5.74) is 8.29. The molecule has 0 saturated carbocycles. The average molecular weight is 700 g/mol. The number of para-hydroxylation sites is 1. The van der Waals surface area contributed by atoms with E-state index in [0.29, 0.717) is 0 Å². The molecule has 7 heteroatoms. The largest absolute Gasteiger partial charge is 0.455 e. The summed E-state index contributed by atoms with van der Waals surface area (Å²) in [5.74, 6) is 2.83. The van der Waals surface area contributed by atoms with Crippen LogP contribution >= 0.6 is 16.5 Å². The van der Waals surface area contributed by atoms with Gasteiger partial charge in [0, 0.05) is 64.9 Å². The SMILES string of the molecule is CC(C)(C)c1cc(P2N/C=C\C=C\Cc3cccn32)c2c(c1)C(C)(C)c1cc(C(C)(C)C)cc(P3Oc4ccccc4Cc4cccn43)c1O2. The highest BCUT2D eigenvalue weighted by Crippen LogP contribution is 2.56. The Labute approximate surface area is 299 Å². The summed E-state index contributed by atoms with van der Waals surface area (Å²) in [6.07, 6.45) is 14.6. The first-order valence-electron chi connectivity index (χ1n) is 17.6. The summed E-state index contributed by atoms with van der Waals surface area (Å²) in [6.45, 7) is 18.6. The van der Waals surface area contributed by atoms with Crippen LogP contribution in [0.15, 0.2) is 110 Å². The van der Waals surface area contributed by atoms with Gasteiger partial charge in [0.1, 0.15) is 25.5 Å². The van der Waals surface area contributed by atoms with E-state index in [1.54, 1.807) is 0 Å². The molecular weight excluding hydrogens is 652 g/mol. The molecule has 2 unspecified atom stereocenters. The molecule has 5 aromatic rings. The summed E-state index contributed by atoms with van der Waals surface area (Å²) in [7, 11) is -2.36. The Kier molecular flexibility index (Phi) is 7.97. The minimum Gasteiger partial charge on any atom is -0.455 e. The molecule has 0 spiro atoms. The summed E-state index contributed by atoms with van der Waals surface area (Å²) in [4.78, 5) is 0. The first-order chi connectivity index (χ1) is 23.8. The van der Waals surface area contributed by atoms with Crippen molar-refractivity contribution in [2.75, 3.05) is 0 Å². The monoisotopic (exact) mass is 699 g/mol. The average Bonchev–Trinajstić information content (AvgIpc) is 3.70. The molecule has 0 saturated heterocycles. The Morgan fingerprint density at radius 2 is 1.36 bits per heavy atom. The molecule has 3 aliphatic rings. The Balaban J connectivity index is 1.39. The highest BCUT2D eigenvalue weighted by Gasteiger charge is 2.42. The van der Waals surface area contributed by atoms with Crippen LogP contribution in [0.25, 0.3) is 0 Å². The van der Waals surface area contributed by atoms with Crippen molar-refractivity contribution in [1.29, 1.82) is 0 Å². The maximum absolute atomic E-state index is 7.48. The zero-order valence-electron chi connectivity index (χ0n) is 30.4. The molecule has 5 heterocycles. The number of ether oxygens (including phenoxy) is 1.